The molecule has 0 spiro atoms. The Morgan fingerprint density at radius 2 is 0.778 bits per heavy atom. The van der Waals surface area contributed by atoms with Crippen LogP contribution in [0.5, 0.6) is 0 Å². The first-order chi connectivity index (χ1) is 1.41. The summed E-state index contributed by atoms with van der Waals surface area (Å²) in [7, 11) is 0. The molecule has 0 aromatic carbocycles. The van der Waals surface area contributed by atoms with Crippen molar-refractivity contribution >= 4 is 40.4 Å². The van der Waals surface area contributed by atoms with Crippen molar-refractivity contribution in [2.45, 2.75) is 0 Å². The zero-order valence-corrected chi connectivity index (χ0v) is 4.88. The Hall–Kier alpha value is 1.45. The molecule has 9 heteroatoms. The number of hydrogen-bond acceptors (Lipinski definition) is 2. The molecule has 0 unspecified atom stereocenters. The van der Waals surface area contributed by atoms with E-state index in [1.165, 1.54) is 0 Å². The standard InChI is InChI=1S/Al.Mg.4H2O.2O.Ti.5H/h;;4*1H2;;;;;;;;. The summed E-state index contributed by atoms with van der Waals surface area (Å²) in [6.07, 6.45) is 0. The second-order valence-corrected chi connectivity index (χ2v) is 0.344. The van der Waals surface area contributed by atoms with Crippen LogP contribution in [0.25, 0.3) is 0 Å². The van der Waals surface area contributed by atoms with Crippen molar-refractivity contribution in [1.82, 2.24) is 0 Å². The van der Waals surface area contributed by atoms with Crippen LogP contribution in [0.15, 0.2) is 0 Å². The molecule has 0 amide bonds. The van der Waals surface area contributed by atoms with Gasteiger partial charge in [0.05, 0.1) is 0 Å². The first kappa shape index (κ1) is 78.3. The Morgan fingerprint density at radius 1 is 0.778 bits per heavy atom. The summed E-state index contributed by atoms with van der Waals surface area (Å²) in [5.41, 5.74) is 0. The van der Waals surface area contributed by atoms with Crippen LogP contribution < -0.4 is 0 Å². The molecule has 0 fully saturated rings. The van der Waals surface area contributed by atoms with Crippen LogP contribution in [0.3, 0.4) is 0 Å². The molecule has 0 heterocycles. The monoisotopic (exact) mass is 208 g/mol. The van der Waals surface area contributed by atoms with Crippen LogP contribution >= 0.6 is 0 Å². The zero-order chi connectivity index (χ0) is 2.71. The molecule has 6 nitrogen and oxygen atoms in total. The van der Waals surface area contributed by atoms with Gasteiger partial charge in [-0.1, -0.05) is 0 Å². The van der Waals surface area contributed by atoms with Gasteiger partial charge in [-0.2, -0.15) is 0 Å². The molecular formula is H13AlMgO6Ti. The van der Waals surface area contributed by atoms with Gasteiger partial charge in [-0.15, -0.1) is 0 Å². The predicted molar refractivity (Wildman–Crippen MR) is 34.3 cm³/mol. The van der Waals surface area contributed by atoms with E-state index in [1.54, 1.807) is 0 Å². The van der Waals surface area contributed by atoms with Gasteiger partial charge in [-0.25, -0.2) is 0 Å². The third-order valence-electron chi connectivity index (χ3n) is 0. The van der Waals surface area contributed by atoms with Crippen molar-refractivity contribution in [2.75, 3.05) is 0 Å². The van der Waals surface area contributed by atoms with E-state index >= 15 is 0 Å². The van der Waals surface area contributed by atoms with E-state index < -0.39 is 19.1 Å². The van der Waals surface area contributed by atoms with Crippen LogP contribution in [0.1, 0.15) is 0 Å². The molecule has 8 N–H and O–H groups in total. The summed E-state index contributed by atoms with van der Waals surface area (Å²) in [4.78, 5) is 0. The molecule has 0 aliphatic carbocycles. The van der Waals surface area contributed by atoms with Crippen LogP contribution in [0, 0.1) is 0 Å². The quantitative estimate of drug-likeness (QED) is 0.363. The fourth-order valence-corrected chi connectivity index (χ4v) is 0. The zero-order valence-electron chi connectivity index (χ0n) is 3.32. The van der Waals surface area contributed by atoms with E-state index in [2.05, 4.69) is 0 Å². The van der Waals surface area contributed by atoms with Gasteiger partial charge < -0.3 is 21.9 Å². The van der Waals surface area contributed by atoms with E-state index in [9.17, 15) is 0 Å². The third kappa shape index (κ3) is 249. The summed E-state index contributed by atoms with van der Waals surface area (Å²) in [6.45, 7) is 0. The van der Waals surface area contributed by atoms with E-state index in [1.807, 2.05) is 0 Å². The molecular weight excluding hydrogens is 195 g/mol. The van der Waals surface area contributed by atoms with Crippen molar-refractivity contribution in [3.8, 4) is 0 Å². The molecule has 0 radical (unpaired) electrons. The van der Waals surface area contributed by atoms with Crippen LogP contribution in [0.2, 0.25) is 0 Å². The average molecular weight is 208 g/mol. The molecule has 0 aliphatic rings. The Morgan fingerprint density at radius 3 is 0.778 bits per heavy atom. The van der Waals surface area contributed by atoms with Gasteiger partial charge in [0, 0.05) is 0 Å². The van der Waals surface area contributed by atoms with E-state index in [-0.39, 0.29) is 62.3 Å². The van der Waals surface area contributed by atoms with Gasteiger partial charge in [0.1, 0.15) is 0 Å². The van der Waals surface area contributed by atoms with Crippen molar-refractivity contribution < 1.29 is 47.6 Å². The van der Waals surface area contributed by atoms with Crippen molar-refractivity contribution in [3.05, 3.63) is 0 Å². The Labute approximate surface area is 87.5 Å². The maximum absolute atomic E-state index is 8.50. The summed E-state index contributed by atoms with van der Waals surface area (Å²) < 4.78 is 17.0. The molecule has 0 aromatic heterocycles. The summed E-state index contributed by atoms with van der Waals surface area (Å²) in [5, 5.41) is 0. The average Bonchev–Trinajstić information content (AvgIpc) is 0.918. The Balaban J connectivity index is -0.00000000133. The maximum atomic E-state index is 8.50. The van der Waals surface area contributed by atoms with Crippen molar-refractivity contribution in [3.63, 3.8) is 0 Å². The minimum absolute atomic E-state index is 0. The van der Waals surface area contributed by atoms with E-state index in [0.29, 0.717) is 0 Å². The molecule has 0 rings (SSSR count). The fraction of sp³-hybridized carbons (Fsp3) is 0. The molecule has 0 saturated heterocycles. The fourth-order valence-electron chi connectivity index (χ4n) is 0. The molecule has 58 valence electrons. The van der Waals surface area contributed by atoms with Gasteiger partial charge in [0.2, 0.25) is 0 Å². The van der Waals surface area contributed by atoms with E-state index in [4.69, 9.17) is 6.65 Å². The first-order valence-electron chi connectivity index (χ1n) is 0.408. The van der Waals surface area contributed by atoms with Crippen LogP contribution in [0.4, 0.5) is 0 Å². The topological polar surface area (TPSA) is 160 Å². The van der Waals surface area contributed by atoms with Crippen LogP contribution in [-0.4, -0.2) is 62.3 Å². The second-order valence-electron chi connectivity index (χ2n) is 0.0833. The molecule has 0 bridgehead atoms. The molecule has 9 heavy (non-hydrogen) atoms. The van der Waals surface area contributed by atoms with E-state index in [0.717, 1.165) is 0 Å². The first-order valence-corrected chi connectivity index (χ1v) is 1.68. The molecule has 0 aliphatic heterocycles. The summed E-state index contributed by atoms with van der Waals surface area (Å²) >= 11 is -2.00. The number of rotatable bonds is 0. The number of hydrogen-bond donors (Lipinski definition) is 0. The summed E-state index contributed by atoms with van der Waals surface area (Å²) in [6, 6.07) is 0. The molecule has 0 saturated carbocycles. The van der Waals surface area contributed by atoms with Crippen molar-refractivity contribution in [1.29, 1.82) is 0 Å². The second kappa shape index (κ2) is 112. The third-order valence-corrected chi connectivity index (χ3v) is 0. The Kier molecular flexibility index (Phi) is 977. The van der Waals surface area contributed by atoms with Gasteiger partial charge in [-0.3, -0.25) is 0 Å². The normalized spacial score (nSPS) is 0.889. The van der Waals surface area contributed by atoms with Gasteiger partial charge in [-0.05, 0) is 0 Å². The summed E-state index contributed by atoms with van der Waals surface area (Å²) in [5.74, 6) is 0. The van der Waals surface area contributed by atoms with Gasteiger partial charge in [0.15, 0.2) is 17.4 Å². The SMILES string of the molecule is O.O.O.O.[AlH3].[MgH2].[O]=[Ti]=[O]. The van der Waals surface area contributed by atoms with Gasteiger partial charge >= 0.3 is 48.8 Å². The molecule has 0 atom stereocenters. The van der Waals surface area contributed by atoms with Gasteiger partial charge in [0.25, 0.3) is 0 Å². The van der Waals surface area contributed by atoms with Crippen molar-refractivity contribution in [2.24, 2.45) is 0 Å². The Bertz CT molecular complexity index is 34.0. The molecule has 0 aromatic rings. The predicted octanol–water partition coefficient (Wildman–Crippen LogP) is -5.64. The van der Waals surface area contributed by atoms with Crippen LogP contribution in [-0.2, 0) is 25.7 Å². The minimum atomic E-state index is -2.00.